The molecule has 2 nitrogen and oxygen atoms in total. The Kier molecular flexibility index (Phi) is 4.02. The van der Waals surface area contributed by atoms with Crippen molar-refractivity contribution < 1.29 is 0 Å². The van der Waals surface area contributed by atoms with Crippen molar-refractivity contribution in [2.24, 2.45) is 5.92 Å². The van der Waals surface area contributed by atoms with Gasteiger partial charge in [0.05, 0.1) is 5.52 Å². The maximum absolute atomic E-state index is 4.89. The molecule has 1 heterocycles. The highest BCUT2D eigenvalue weighted by Crippen LogP contribution is 2.34. The van der Waals surface area contributed by atoms with Gasteiger partial charge in [0.1, 0.15) is 0 Å². The van der Waals surface area contributed by atoms with Crippen LogP contribution in [-0.2, 0) is 6.42 Å². The number of para-hydroxylation sites is 1. The summed E-state index contributed by atoms with van der Waals surface area (Å²) in [5, 5.41) is 4.96. The van der Waals surface area contributed by atoms with Crippen molar-refractivity contribution in [3.8, 4) is 0 Å². The van der Waals surface area contributed by atoms with Crippen LogP contribution in [0.1, 0.15) is 37.4 Å². The molecule has 0 radical (unpaired) electrons. The fourth-order valence-corrected chi connectivity index (χ4v) is 2.91. The maximum atomic E-state index is 4.89. The predicted molar refractivity (Wildman–Crippen MR) is 85.0 cm³/mol. The number of hydrogen-bond acceptors (Lipinski definition) is 2. The van der Waals surface area contributed by atoms with Crippen LogP contribution in [0.2, 0.25) is 0 Å². The first-order valence-electron chi connectivity index (χ1n) is 7.86. The molecule has 20 heavy (non-hydrogen) atoms. The minimum absolute atomic E-state index is 0.613. The lowest BCUT2D eigenvalue weighted by Crippen LogP contribution is -2.34. The highest BCUT2D eigenvalue weighted by molar-refractivity contribution is 5.79. The van der Waals surface area contributed by atoms with Crippen LogP contribution in [0.25, 0.3) is 10.9 Å². The third-order valence-electron chi connectivity index (χ3n) is 4.28. The summed E-state index contributed by atoms with van der Waals surface area (Å²) < 4.78 is 0. The topological polar surface area (TPSA) is 24.9 Å². The first kappa shape index (κ1) is 13.6. The van der Waals surface area contributed by atoms with Gasteiger partial charge >= 0.3 is 0 Å². The van der Waals surface area contributed by atoms with E-state index < -0.39 is 0 Å². The predicted octanol–water partition coefficient (Wildman–Crippen LogP) is 3.86. The monoisotopic (exact) mass is 268 g/mol. The van der Waals surface area contributed by atoms with Crippen molar-refractivity contribution in [3.63, 3.8) is 0 Å². The van der Waals surface area contributed by atoms with Gasteiger partial charge in [0.15, 0.2) is 0 Å². The summed E-state index contributed by atoms with van der Waals surface area (Å²) in [7, 11) is 0. The average Bonchev–Trinajstić information content (AvgIpc) is 3.28. The van der Waals surface area contributed by atoms with Gasteiger partial charge in [0.25, 0.3) is 0 Å². The number of rotatable bonds is 6. The van der Waals surface area contributed by atoms with Crippen molar-refractivity contribution in [2.45, 2.75) is 45.6 Å². The number of pyridine rings is 1. The van der Waals surface area contributed by atoms with E-state index in [-0.39, 0.29) is 0 Å². The third kappa shape index (κ3) is 3.01. The smallest absolute Gasteiger partial charge is 0.0705 e. The Hall–Kier alpha value is -1.41. The van der Waals surface area contributed by atoms with Crippen molar-refractivity contribution in [3.05, 3.63) is 41.6 Å². The largest absolute Gasteiger partial charge is 0.313 e. The van der Waals surface area contributed by atoms with Crippen LogP contribution < -0.4 is 5.32 Å². The number of aryl methyl sites for hydroxylation is 1. The van der Waals surface area contributed by atoms with Gasteiger partial charge in [-0.3, -0.25) is 4.98 Å². The van der Waals surface area contributed by atoms with E-state index in [1.807, 2.05) is 0 Å². The lowest BCUT2D eigenvalue weighted by Gasteiger charge is -2.19. The van der Waals surface area contributed by atoms with Gasteiger partial charge in [-0.05, 0) is 56.3 Å². The summed E-state index contributed by atoms with van der Waals surface area (Å²) in [6.45, 7) is 5.54. The van der Waals surface area contributed by atoms with E-state index in [4.69, 9.17) is 4.98 Å². The van der Waals surface area contributed by atoms with E-state index in [1.54, 1.807) is 0 Å². The van der Waals surface area contributed by atoms with Crippen molar-refractivity contribution in [1.82, 2.24) is 10.3 Å². The van der Waals surface area contributed by atoms with Gasteiger partial charge in [-0.15, -0.1) is 0 Å². The number of hydrogen-bond donors (Lipinski definition) is 1. The number of benzene rings is 1. The summed E-state index contributed by atoms with van der Waals surface area (Å²) in [6.07, 6.45) is 5.04. The van der Waals surface area contributed by atoms with Gasteiger partial charge in [-0.2, -0.15) is 0 Å². The lowest BCUT2D eigenvalue weighted by molar-refractivity contribution is 0.456. The Balaban J connectivity index is 1.83. The number of fused-ring (bicyclic) bond motifs is 1. The highest BCUT2D eigenvalue weighted by Gasteiger charge is 2.31. The fraction of sp³-hybridized carbons (Fsp3) is 0.500. The molecule has 0 saturated heterocycles. The van der Waals surface area contributed by atoms with Crippen LogP contribution in [0, 0.1) is 12.8 Å². The van der Waals surface area contributed by atoms with E-state index in [2.05, 4.69) is 49.5 Å². The first-order valence-corrected chi connectivity index (χ1v) is 7.86. The van der Waals surface area contributed by atoms with Gasteiger partial charge in [-0.25, -0.2) is 0 Å². The molecule has 1 aliphatic rings. The van der Waals surface area contributed by atoms with Crippen LogP contribution in [0.3, 0.4) is 0 Å². The summed E-state index contributed by atoms with van der Waals surface area (Å²) in [5.74, 6) is 0.870. The molecule has 2 heteroatoms. The maximum Gasteiger partial charge on any atom is 0.0705 e. The molecule has 106 valence electrons. The number of aromatic nitrogens is 1. The molecule has 1 aromatic carbocycles. The lowest BCUT2D eigenvalue weighted by atomic mass is 10.0. The van der Waals surface area contributed by atoms with Crippen molar-refractivity contribution in [2.75, 3.05) is 6.54 Å². The first-order chi connectivity index (χ1) is 9.78. The molecule has 0 spiro atoms. The van der Waals surface area contributed by atoms with E-state index in [0.29, 0.717) is 6.04 Å². The Labute approximate surface area is 121 Å². The van der Waals surface area contributed by atoms with Crippen LogP contribution in [0.15, 0.2) is 30.3 Å². The second-order valence-electron chi connectivity index (χ2n) is 6.05. The highest BCUT2D eigenvalue weighted by atomic mass is 14.9. The molecule has 1 atom stereocenters. The summed E-state index contributed by atoms with van der Waals surface area (Å²) in [6, 6.07) is 11.3. The summed E-state index contributed by atoms with van der Waals surface area (Å²) in [4.78, 5) is 4.89. The fourth-order valence-electron chi connectivity index (χ4n) is 2.91. The molecule has 1 fully saturated rings. The van der Waals surface area contributed by atoms with E-state index in [9.17, 15) is 0 Å². The quantitative estimate of drug-likeness (QED) is 0.860. The van der Waals surface area contributed by atoms with Gasteiger partial charge < -0.3 is 5.32 Å². The molecule has 0 aliphatic heterocycles. The van der Waals surface area contributed by atoms with Gasteiger partial charge in [0, 0.05) is 23.5 Å². The van der Waals surface area contributed by atoms with Crippen LogP contribution in [0.5, 0.6) is 0 Å². The van der Waals surface area contributed by atoms with Crippen molar-refractivity contribution >= 4 is 10.9 Å². The van der Waals surface area contributed by atoms with Crippen LogP contribution in [0.4, 0.5) is 0 Å². The SMILES string of the molecule is CCCNC(Cc1nc2ccccc2cc1C)C1CC1. The molecule has 0 bridgehead atoms. The van der Waals surface area contributed by atoms with E-state index in [1.165, 1.54) is 35.9 Å². The Morgan fingerprint density at radius 3 is 2.85 bits per heavy atom. The molecular weight excluding hydrogens is 244 g/mol. The van der Waals surface area contributed by atoms with Gasteiger partial charge in [0.2, 0.25) is 0 Å². The average molecular weight is 268 g/mol. The Morgan fingerprint density at radius 1 is 1.30 bits per heavy atom. The normalized spacial score (nSPS) is 16.5. The zero-order valence-corrected chi connectivity index (χ0v) is 12.5. The summed E-state index contributed by atoms with van der Waals surface area (Å²) >= 11 is 0. The molecule has 1 unspecified atom stereocenters. The minimum Gasteiger partial charge on any atom is -0.313 e. The summed E-state index contributed by atoms with van der Waals surface area (Å²) in [5.41, 5.74) is 3.72. The Morgan fingerprint density at radius 2 is 2.10 bits per heavy atom. The molecule has 3 rings (SSSR count). The second-order valence-corrected chi connectivity index (χ2v) is 6.05. The molecular formula is C18H24N2. The van der Waals surface area contributed by atoms with E-state index in [0.717, 1.165) is 24.4 Å². The molecule has 1 N–H and O–H groups in total. The molecule has 2 aromatic rings. The Bertz CT molecular complexity index is 587. The molecule has 1 aliphatic carbocycles. The van der Waals surface area contributed by atoms with E-state index >= 15 is 0 Å². The van der Waals surface area contributed by atoms with Crippen LogP contribution in [-0.4, -0.2) is 17.6 Å². The number of nitrogens with one attached hydrogen (secondary N) is 1. The molecule has 1 saturated carbocycles. The number of nitrogens with zero attached hydrogens (tertiary/aromatic N) is 1. The molecule has 1 aromatic heterocycles. The van der Waals surface area contributed by atoms with Crippen molar-refractivity contribution in [1.29, 1.82) is 0 Å². The standard InChI is InChI=1S/C18H24N2/c1-3-10-19-18(14-8-9-14)12-17-13(2)11-15-6-4-5-7-16(15)20-17/h4-7,11,14,18-19H,3,8-10,12H2,1-2H3. The van der Waals surface area contributed by atoms with Crippen LogP contribution >= 0.6 is 0 Å². The second kappa shape index (κ2) is 5.92. The van der Waals surface area contributed by atoms with Gasteiger partial charge in [-0.1, -0.05) is 25.1 Å². The minimum atomic E-state index is 0.613. The zero-order chi connectivity index (χ0) is 13.9. The zero-order valence-electron chi connectivity index (χ0n) is 12.5. The third-order valence-corrected chi connectivity index (χ3v) is 4.28. The molecule has 0 amide bonds.